The van der Waals surface area contributed by atoms with Gasteiger partial charge in [-0.1, -0.05) is 0 Å². The van der Waals surface area contributed by atoms with E-state index < -0.39 is 0 Å². The van der Waals surface area contributed by atoms with Gasteiger partial charge in [-0.3, -0.25) is 0 Å². The summed E-state index contributed by atoms with van der Waals surface area (Å²) >= 11 is 0. The van der Waals surface area contributed by atoms with E-state index >= 15 is 0 Å². The van der Waals surface area contributed by atoms with E-state index in [1.807, 2.05) is 13.1 Å². The van der Waals surface area contributed by atoms with Crippen LogP contribution >= 0.6 is 0 Å². The Morgan fingerprint density at radius 2 is 2.05 bits per heavy atom. The smallest absolute Gasteiger partial charge is 0.163 e. The van der Waals surface area contributed by atoms with Crippen LogP contribution in [-0.2, 0) is 0 Å². The zero-order valence-corrected chi connectivity index (χ0v) is 11.7. The van der Waals surface area contributed by atoms with Gasteiger partial charge in [0.25, 0.3) is 0 Å². The Labute approximate surface area is 114 Å². The molecule has 2 atom stereocenters. The van der Waals surface area contributed by atoms with Crippen LogP contribution in [0.4, 0.5) is 5.69 Å². The van der Waals surface area contributed by atoms with Gasteiger partial charge >= 0.3 is 0 Å². The molecule has 3 rings (SSSR count). The van der Waals surface area contributed by atoms with Crippen LogP contribution in [0.3, 0.4) is 0 Å². The molecule has 0 amide bonds. The van der Waals surface area contributed by atoms with Gasteiger partial charge in [-0.2, -0.15) is 0 Å². The fourth-order valence-corrected chi connectivity index (χ4v) is 3.11. The van der Waals surface area contributed by atoms with E-state index in [4.69, 9.17) is 9.47 Å². The average molecular weight is 262 g/mol. The zero-order valence-electron chi connectivity index (χ0n) is 11.7. The minimum Gasteiger partial charge on any atom is -0.486 e. The molecule has 0 saturated carbocycles. The van der Waals surface area contributed by atoms with Crippen LogP contribution in [0.25, 0.3) is 0 Å². The molecule has 0 aliphatic carbocycles. The van der Waals surface area contributed by atoms with Crippen molar-refractivity contribution in [2.24, 2.45) is 5.92 Å². The minimum absolute atomic E-state index is 0.565. The first-order valence-corrected chi connectivity index (χ1v) is 7.10. The highest BCUT2D eigenvalue weighted by Gasteiger charge is 2.30. The van der Waals surface area contributed by atoms with Gasteiger partial charge in [0.15, 0.2) is 11.5 Å². The quantitative estimate of drug-likeness (QED) is 0.902. The zero-order chi connectivity index (χ0) is 13.2. The third kappa shape index (κ3) is 2.37. The molecule has 2 heterocycles. The molecule has 0 spiro atoms. The molecule has 2 aliphatic heterocycles. The lowest BCUT2D eigenvalue weighted by Crippen LogP contribution is -2.33. The summed E-state index contributed by atoms with van der Waals surface area (Å²) in [6.45, 7) is 5.81. The van der Waals surface area contributed by atoms with Crippen molar-refractivity contribution in [3.05, 3.63) is 18.2 Å². The largest absolute Gasteiger partial charge is 0.486 e. The Bertz CT molecular complexity index is 450. The number of nitrogens with one attached hydrogen (secondary N) is 1. The Kier molecular flexibility index (Phi) is 3.51. The van der Waals surface area contributed by atoms with Crippen LogP contribution in [0.1, 0.15) is 13.3 Å². The van der Waals surface area contributed by atoms with Crippen LogP contribution in [0.5, 0.6) is 11.5 Å². The van der Waals surface area contributed by atoms with E-state index in [1.54, 1.807) is 0 Å². The number of nitrogens with zero attached hydrogens (tertiary/aromatic N) is 1. The highest BCUT2D eigenvalue weighted by Crippen LogP contribution is 2.37. The number of hydrogen-bond acceptors (Lipinski definition) is 4. The predicted molar refractivity (Wildman–Crippen MR) is 76.3 cm³/mol. The maximum Gasteiger partial charge on any atom is 0.163 e. The predicted octanol–water partition coefficient (Wildman–Crippen LogP) is 1.89. The summed E-state index contributed by atoms with van der Waals surface area (Å²) < 4.78 is 11.2. The van der Waals surface area contributed by atoms with Crippen LogP contribution in [-0.4, -0.2) is 39.4 Å². The fourth-order valence-electron chi connectivity index (χ4n) is 3.11. The molecule has 1 N–H and O–H groups in total. The molecular weight excluding hydrogens is 240 g/mol. The molecule has 104 valence electrons. The normalized spacial score (nSPS) is 25.7. The summed E-state index contributed by atoms with van der Waals surface area (Å²) in [5.74, 6) is 2.47. The van der Waals surface area contributed by atoms with Gasteiger partial charge in [-0.05, 0) is 45.0 Å². The topological polar surface area (TPSA) is 33.7 Å². The number of anilines is 1. The molecule has 4 nitrogen and oxygen atoms in total. The van der Waals surface area contributed by atoms with Crippen molar-refractivity contribution in [3.63, 3.8) is 0 Å². The van der Waals surface area contributed by atoms with E-state index in [-0.39, 0.29) is 0 Å². The highest BCUT2D eigenvalue weighted by atomic mass is 16.6. The van der Waals surface area contributed by atoms with Crippen LogP contribution in [0.2, 0.25) is 0 Å². The minimum atomic E-state index is 0.565. The number of benzene rings is 1. The Morgan fingerprint density at radius 3 is 2.84 bits per heavy atom. The second-order valence-corrected chi connectivity index (χ2v) is 5.37. The van der Waals surface area contributed by atoms with E-state index in [0.29, 0.717) is 19.3 Å². The van der Waals surface area contributed by atoms with E-state index in [0.717, 1.165) is 30.5 Å². The first kappa shape index (κ1) is 12.6. The van der Waals surface area contributed by atoms with Gasteiger partial charge in [0.2, 0.25) is 0 Å². The summed E-state index contributed by atoms with van der Waals surface area (Å²) in [7, 11) is 2.03. The first-order valence-electron chi connectivity index (χ1n) is 7.10. The third-order valence-corrected chi connectivity index (χ3v) is 4.24. The summed E-state index contributed by atoms with van der Waals surface area (Å²) in [5, 5.41) is 3.29. The lowest BCUT2D eigenvalue weighted by Gasteiger charge is -2.28. The second kappa shape index (κ2) is 5.29. The monoisotopic (exact) mass is 262 g/mol. The highest BCUT2D eigenvalue weighted by molar-refractivity contribution is 5.58. The second-order valence-electron chi connectivity index (χ2n) is 5.37. The van der Waals surface area contributed by atoms with Crippen LogP contribution in [0, 0.1) is 5.92 Å². The van der Waals surface area contributed by atoms with Crippen molar-refractivity contribution >= 4 is 5.69 Å². The van der Waals surface area contributed by atoms with Crippen molar-refractivity contribution in [3.8, 4) is 11.5 Å². The molecule has 1 saturated heterocycles. The number of ether oxygens (including phenoxy) is 2. The average Bonchev–Trinajstić information content (AvgIpc) is 2.80. The Balaban J connectivity index is 1.79. The van der Waals surface area contributed by atoms with Crippen molar-refractivity contribution in [2.45, 2.75) is 19.4 Å². The SMILES string of the molecule is CNCC1CCN(c2ccc3c(c2)OCCO3)C1C. The first-order chi connectivity index (χ1) is 9.29. The molecule has 2 aliphatic rings. The van der Waals surface area contributed by atoms with Crippen LogP contribution < -0.4 is 19.7 Å². The summed E-state index contributed by atoms with van der Waals surface area (Å²) in [6.07, 6.45) is 1.25. The van der Waals surface area contributed by atoms with Crippen molar-refractivity contribution < 1.29 is 9.47 Å². The van der Waals surface area contributed by atoms with E-state index in [9.17, 15) is 0 Å². The summed E-state index contributed by atoms with van der Waals surface area (Å²) in [5.41, 5.74) is 1.25. The molecule has 1 fully saturated rings. The van der Waals surface area contributed by atoms with Gasteiger partial charge in [0, 0.05) is 24.3 Å². The lowest BCUT2D eigenvalue weighted by molar-refractivity contribution is 0.171. The number of fused-ring (bicyclic) bond motifs is 1. The van der Waals surface area contributed by atoms with Gasteiger partial charge in [-0.25, -0.2) is 0 Å². The lowest BCUT2D eigenvalue weighted by atomic mass is 10.0. The molecule has 19 heavy (non-hydrogen) atoms. The number of hydrogen-bond donors (Lipinski definition) is 1. The Hall–Kier alpha value is -1.42. The number of rotatable bonds is 3. The molecule has 4 heteroatoms. The summed E-state index contributed by atoms with van der Waals surface area (Å²) in [4.78, 5) is 2.47. The van der Waals surface area contributed by atoms with Gasteiger partial charge < -0.3 is 19.7 Å². The molecule has 2 unspecified atom stereocenters. The molecule has 0 aromatic heterocycles. The van der Waals surface area contributed by atoms with E-state index in [2.05, 4.69) is 29.3 Å². The molecule has 0 bridgehead atoms. The van der Waals surface area contributed by atoms with Gasteiger partial charge in [0.05, 0.1) is 0 Å². The standard InChI is InChI=1S/C15H22N2O2/c1-11-12(10-16-2)5-6-17(11)13-3-4-14-15(9-13)19-8-7-18-14/h3-4,9,11-12,16H,5-8,10H2,1-2H3. The fraction of sp³-hybridized carbons (Fsp3) is 0.600. The van der Waals surface area contributed by atoms with Crippen LogP contribution in [0.15, 0.2) is 18.2 Å². The maximum absolute atomic E-state index is 5.67. The molecular formula is C15H22N2O2. The Morgan fingerprint density at radius 1 is 1.26 bits per heavy atom. The molecule has 1 aromatic carbocycles. The van der Waals surface area contributed by atoms with Crippen molar-refractivity contribution in [1.29, 1.82) is 0 Å². The molecule has 0 radical (unpaired) electrons. The van der Waals surface area contributed by atoms with Gasteiger partial charge in [-0.15, -0.1) is 0 Å². The third-order valence-electron chi connectivity index (χ3n) is 4.24. The van der Waals surface area contributed by atoms with E-state index in [1.165, 1.54) is 12.1 Å². The molecule has 1 aromatic rings. The van der Waals surface area contributed by atoms with Crippen molar-refractivity contribution in [2.75, 3.05) is 38.3 Å². The summed E-state index contributed by atoms with van der Waals surface area (Å²) in [6, 6.07) is 6.86. The van der Waals surface area contributed by atoms with Crippen molar-refractivity contribution in [1.82, 2.24) is 5.32 Å². The van der Waals surface area contributed by atoms with Gasteiger partial charge in [0.1, 0.15) is 13.2 Å². The maximum atomic E-state index is 5.67.